The van der Waals surface area contributed by atoms with E-state index in [1.165, 1.54) is 25.5 Å². The molecule has 3 aromatic carbocycles. The maximum Gasteiger partial charge on any atom is 0.264 e. The van der Waals surface area contributed by atoms with Crippen LogP contribution in [-0.4, -0.2) is 41.3 Å². The Bertz CT molecular complexity index is 1290. The Morgan fingerprint density at radius 1 is 1.00 bits per heavy atom. The summed E-state index contributed by atoms with van der Waals surface area (Å²) >= 11 is 0. The Kier molecular flexibility index (Phi) is 7.91. The summed E-state index contributed by atoms with van der Waals surface area (Å²) < 4.78 is 38.4. The van der Waals surface area contributed by atoms with Gasteiger partial charge in [0.15, 0.2) is 0 Å². The van der Waals surface area contributed by atoms with Gasteiger partial charge in [0, 0.05) is 11.6 Å². The van der Waals surface area contributed by atoms with Gasteiger partial charge in [-0.05, 0) is 49.7 Å². The molecule has 0 aliphatic heterocycles. The predicted octanol–water partition coefficient (Wildman–Crippen LogP) is 3.67. The van der Waals surface area contributed by atoms with Crippen molar-refractivity contribution in [2.75, 3.05) is 25.1 Å². The van der Waals surface area contributed by atoms with Gasteiger partial charge in [-0.15, -0.1) is 0 Å². The molecule has 0 spiro atoms. The number of carbonyl (C=O) groups excluding carboxylic acids is 1. The molecule has 0 fully saturated rings. The molecule has 0 aromatic heterocycles. The number of benzene rings is 3. The van der Waals surface area contributed by atoms with Crippen LogP contribution in [-0.2, 0) is 14.8 Å². The summed E-state index contributed by atoms with van der Waals surface area (Å²) in [4.78, 5) is 12.8. The summed E-state index contributed by atoms with van der Waals surface area (Å²) in [5, 5.41) is 3.98. The molecule has 0 unspecified atom stereocenters. The highest BCUT2D eigenvalue weighted by Gasteiger charge is 2.28. The molecule has 0 saturated carbocycles. The van der Waals surface area contributed by atoms with Gasteiger partial charge < -0.3 is 9.47 Å². The van der Waals surface area contributed by atoms with Crippen LogP contribution >= 0.6 is 0 Å². The first-order valence-electron chi connectivity index (χ1n) is 10.4. The first-order chi connectivity index (χ1) is 16.3. The molecule has 0 atom stereocenters. The maximum atomic E-state index is 13.4. The van der Waals surface area contributed by atoms with Crippen molar-refractivity contribution in [1.29, 1.82) is 0 Å². The second-order valence-electron chi connectivity index (χ2n) is 7.52. The standard InChI is InChI=1S/C25H27N3O5S/c1-18-10-13-23(19(2)14-18)28(34(30,31)22-8-6-5-7-9-22)17-25(29)27-26-16-20-11-12-21(32-3)15-24(20)33-4/h5-16H,17H2,1-4H3,(H,27,29)/b26-16-. The number of hydrogen-bond donors (Lipinski definition) is 1. The van der Waals surface area contributed by atoms with Gasteiger partial charge in [-0.25, -0.2) is 13.8 Å². The van der Waals surface area contributed by atoms with Crippen molar-refractivity contribution in [2.24, 2.45) is 5.10 Å². The van der Waals surface area contributed by atoms with E-state index < -0.39 is 22.5 Å². The van der Waals surface area contributed by atoms with Crippen LogP contribution in [0.25, 0.3) is 0 Å². The summed E-state index contributed by atoms with van der Waals surface area (Å²) in [5.74, 6) is 0.539. The average Bonchev–Trinajstić information content (AvgIpc) is 2.83. The van der Waals surface area contributed by atoms with Crippen LogP contribution in [0.1, 0.15) is 16.7 Å². The van der Waals surface area contributed by atoms with Crippen molar-refractivity contribution in [3.8, 4) is 11.5 Å². The lowest BCUT2D eigenvalue weighted by molar-refractivity contribution is -0.119. The predicted molar refractivity (Wildman–Crippen MR) is 132 cm³/mol. The fourth-order valence-corrected chi connectivity index (χ4v) is 4.88. The van der Waals surface area contributed by atoms with E-state index in [0.717, 1.165) is 15.4 Å². The number of hydrogen-bond acceptors (Lipinski definition) is 6. The van der Waals surface area contributed by atoms with E-state index in [0.29, 0.717) is 22.7 Å². The molecule has 1 N–H and O–H groups in total. The number of anilines is 1. The Morgan fingerprint density at radius 3 is 2.38 bits per heavy atom. The lowest BCUT2D eigenvalue weighted by Crippen LogP contribution is -2.40. The van der Waals surface area contributed by atoms with Gasteiger partial charge in [0.1, 0.15) is 18.0 Å². The largest absolute Gasteiger partial charge is 0.497 e. The fraction of sp³-hybridized carbons (Fsp3) is 0.200. The molecular formula is C25H27N3O5S. The Morgan fingerprint density at radius 2 is 1.74 bits per heavy atom. The van der Waals surface area contributed by atoms with Crippen molar-refractivity contribution in [1.82, 2.24) is 5.43 Å². The number of aryl methyl sites for hydroxylation is 2. The molecule has 0 aliphatic carbocycles. The highest BCUT2D eigenvalue weighted by atomic mass is 32.2. The van der Waals surface area contributed by atoms with Crippen LogP contribution in [0.3, 0.4) is 0 Å². The van der Waals surface area contributed by atoms with Crippen LogP contribution in [0.2, 0.25) is 0 Å². The highest BCUT2D eigenvalue weighted by Crippen LogP contribution is 2.27. The minimum atomic E-state index is -3.99. The second-order valence-corrected chi connectivity index (χ2v) is 9.38. The van der Waals surface area contributed by atoms with Gasteiger partial charge in [0.25, 0.3) is 15.9 Å². The van der Waals surface area contributed by atoms with E-state index >= 15 is 0 Å². The molecule has 0 heterocycles. The Hall–Kier alpha value is -3.85. The van der Waals surface area contributed by atoms with Crippen LogP contribution in [0.5, 0.6) is 11.5 Å². The van der Waals surface area contributed by atoms with E-state index in [1.807, 2.05) is 26.0 Å². The van der Waals surface area contributed by atoms with Gasteiger partial charge in [-0.1, -0.05) is 35.9 Å². The number of hydrazone groups is 1. The zero-order valence-corrected chi connectivity index (χ0v) is 20.3. The van der Waals surface area contributed by atoms with Crippen molar-refractivity contribution in [3.63, 3.8) is 0 Å². The van der Waals surface area contributed by atoms with Gasteiger partial charge in [-0.2, -0.15) is 5.10 Å². The second kappa shape index (κ2) is 10.8. The van der Waals surface area contributed by atoms with Gasteiger partial charge in [0.2, 0.25) is 0 Å². The van der Waals surface area contributed by atoms with Crippen LogP contribution in [0.4, 0.5) is 5.69 Å². The minimum absolute atomic E-state index is 0.0919. The Labute approximate surface area is 199 Å². The third-order valence-electron chi connectivity index (χ3n) is 5.07. The van der Waals surface area contributed by atoms with E-state index in [4.69, 9.17) is 9.47 Å². The molecule has 34 heavy (non-hydrogen) atoms. The van der Waals surface area contributed by atoms with Crippen molar-refractivity contribution in [2.45, 2.75) is 18.7 Å². The van der Waals surface area contributed by atoms with E-state index in [9.17, 15) is 13.2 Å². The first kappa shape index (κ1) is 24.8. The molecule has 0 bridgehead atoms. The summed E-state index contributed by atoms with van der Waals surface area (Å²) in [6, 6.07) is 18.5. The van der Waals surface area contributed by atoms with Gasteiger partial charge >= 0.3 is 0 Å². The zero-order chi connectivity index (χ0) is 24.7. The number of ether oxygens (including phenoxy) is 2. The van der Waals surface area contributed by atoms with E-state index in [-0.39, 0.29) is 4.90 Å². The number of rotatable bonds is 9. The molecule has 3 aromatic rings. The molecule has 9 heteroatoms. The number of nitrogens with zero attached hydrogens (tertiary/aromatic N) is 2. The molecule has 1 amide bonds. The molecule has 3 rings (SSSR count). The molecule has 0 saturated heterocycles. The molecular weight excluding hydrogens is 454 g/mol. The smallest absolute Gasteiger partial charge is 0.264 e. The van der Waals surface area contributed by atoms with Crippen molar-refractivity contribution >= 4 is 27.8 Å². The lowest BCUT2D eigenvalue weighted by atomic mass is 10.1. The quantitative estimate of drug-likeness (QED) is 0.372. The summed E-state index contributed by atoms with van der Waals surface area (Å²) in [6.07, 6.45) is 1.42. The number of amides is 1. The van der Waals surface area contributed by atoms with Crippen LogP contribution in [0, 0.1) is 13.8 Å². The SMILES string of the molecule is COc1ccc(/C=N\NC(=O)CN(c2ccc(C)cc2C)S(=O)(=O)c2ccccc2)c(OC)c1. The molecule has 8 nitrogen and oxygen atoms in total. The average molecular weight is 482 g/mol. The lowest BCUT2D eigenvalue weighted by Gasteiger charge is -2.25. The van der Waals surface area contributed by atoms with Gasteiger partial charge in [0.05, 0.1) is 31.0 Å². The van der Waals surface area contributed by atoms with E-state index in [2.05, 4.69) is 10.5 Å². The molecule has 0 radical (unpaired) electrons. The number of carbonyl (C=O) groups is 1. The monoisotopic (exact) mass is 481 g/mol. The third-order valence-corrected chi connectivity index (χ3v) is 6.85. The van der Waals surface area contributed by atoms with E-state index in [1.54, 1.807) is 49.6 Å². The molecule has 178 valence electrons. The maximum absolute atomic E-state index is 13.4. The summed E-state index contributed by atoms with van der Waals surface area (Å²) in [6.45, 7) is 3.28. The zero-order valence-electron chi connectivity index (χ0n) is 19.5. The summed E-state index contributed by atoms with van der Waals surface area (Å²) in [7, 11) is -0.929. The van der Waals surface area contributed by atoms with Crippen molar-refractivity contribution < 1.29 is 22.7 Å². The molecule has 0 aliphatic rings. The van der Waals surface area contributed by atoms with Gasteiger partial charge in [-0.3, -0.25) is 9.10 Å². The Balaban J connectivity index is 1.85. The number of methoxy groups -OCH3 is 2. The first-order valence-corrected chi connectivity index (χ1v) is 11.9. The van der Waals surface area contributed by atoms with Crippen molar-refractivity contribution in [3.05, 3.63) is 83.4 Å². The summed E-state index contributed by atoms with van der Waals surface area (Å²) in [5.41, 5.74) is 5.16. The highest BCUT2D eigenvalue weighted by molar-refractivity contribution is 7.92. The topological polar surface area (TPSA) is 97.3 Å². The minimum Gasteiger partial charge on any atom is -0.497 e. The normalized spacial score (nSPS) is 11.3. The third kappa shape index (κ3) is 5.74. The van der Waals surface area contributed by atoms with Crippen LogP contribution in [0.15, 0.2) is 76.7 Å². The van der Waals surface area contributed by atoms with Crippen LogP contribution < -0.4 is 19.2 Å². The number of sulfonamides is 1. The number of nitrogens with one attached hydrogen (secondary N) is 1. The fourth-order valence-electron chi connectivity index (χ4n) is 3.37.